The van der Waals surface area contributed by atoms with E-state index in [1.807, 2.05) is 0 Å². The molecule has 0 spiro atoms. The van der Waals surface area contributed by atoms with Gasteiger partial charge in [0.15, 0.2) is 9.84 Å². The Kier molecular flexibility index (Phi) is 8.02. The Morgan fingerprint density at radius 2 is 1.79 bits per heavy atom. The van der Waals surface area contributed by atoms with Crippen LogP contribution in [0.4, 0.5) is 0 Å². The lowest BCUT2D eigenvalue weighted by molar-refractivity contribution is -0.122. The minimum atomic E-state index is -3.87. The maximum absolute atomic E-state index is 12.7. The van der Waals surface area contributed by atoms with Crippen molar-refractivity contribution in [3.63, 3.8) is 0 Å². The summed E-state index contributed by atoms with van der Waals surface area (Å²) in [6.45, 7) is -0.323. The SMILES string of the molecule is N#CCNC(=O)C(CS(=O)(=O)Cc1cc(Cl)ccc1Cl)NC(=O)c1ccccc1. The number of hydrogen-bond acceptors (Lipinski definition) is 5. The zero-order valence-corrected chi connectivity index (χ0v) is 17.4. The Morgan fingerprint density at radius 3 is 2.45 bits per heavy atom. The molecule has 2 amide bonds. The number of nitrogens with one attached hydrogen (secondary N) is 2. The molecule has 2 N–H and O–H groups in total. The van der Waals surface area contributed by atoms with Crippen LogP contribution in [0.3, 0.4) is 0 Å². The van der Waals surface area contributed by atoms with E-state index in [0.717, 1.165) is 0 Å². The molecule has 0 aromatic heterocycles. The molecule has 0 saturated carbocycles. The lowest BCUT2D eigenvalue weighted by Gasteiger charge is -2.18. The van der Waals surface area contributed by atoms with Crippen molar-refractivity contribution >= 4 is 44.9 Å². The third-order valence-corrected chi connectivity index (χ3v) is 6.00. The van der Waals surface area contributed by atoms with Crippen LogP contribution in [-0.2, 0) is 20.4 Å². The van der Waals surface area contributed by atoms with Gasteiger partial charge < -0.3 is 10.6 Å². The van der Waals surface area contributed by atoms with Crippen molar-refractivity contribution in [2.75, 3.05) is 12.3 Å². The van der Waals surface area contributed by atoms with E-state index in [9.17, 15) is 18.0 Å². The molecule has 0 radical (unpaired) electrons. The molecule has 29 heavy (non-hydrogen) atoms. The van der Waals surface area contributed by atoms with Crippen molar-refractivity contribution in [3.05, 3.63) is 69.7 Å². The molecular weight excluding hydrogens is 437 g/mol. The number of halogens is 2. The Balaban J connectivity index is 2.21. The Morgan fingerprint density at radius 1 is 1.10 bits per heavy atom. The first-order chi connectivity index (χ1) is 13.7. The summed E-state index contributed by atoms with van der Waals surface area (Å²) in [5, 5.41) is 13.9. The third-order valence-electron chi connectivity index (χ3n) is 3.80. The highest BCUT2D eigenvalue weighted by molar-refractivity contribution is 7.90. The maximum atomic E-state index is 12.7. The number of amides is 2. The van der Waals surface area contributed by atoms with E-state index in [0.29, 0.717) is 5.02 Å². The summed E-state index contributed by atoms with van der Waals surface area (Å²) in [6.07, 6.45) is 0. The highest BCUT2D eigenvalue weighted by Crippen LogP contribution is 2.23. The molecule has 0 bridgehead atoms. The van der Waals surface area contributed by atoms with Crippen molar-refractivity contribution in [2.24, 2.45) is 0 Å². The lowest BCUT2D eigenvalue weighted by Crippen LogP contribution is -2.50. The van der Waals surface area contributed by atoms with E-state index in [1.165, 1.54) is 30.3 Å². The topological polar surface area (TPSA) is 116 Å². The standard InChI is InChI=1S/C19H17Cl2N3O4S/c20-15-6-7-16(21)14(10-15)11-29(27,28)12-17(19(26)23-9-8-22)24-18(25)13-4-2-1-3-5-13/h1-7,10,17H,9,11-12H2,(H,23,26)(H,24,25). The number of benzene rings is 2. The molecule has 0 aliphatic heterocycles. The fourth-order valence-electron chi connectivity index (χ4n) is 2.47. The summed E-state index contributed by atoms with van der Waals surface area (Å²) in [4.78, 5) is 24.7. The summed E-state index contributed by atoms with van der Waals surface area (Å²) < 4.78 is 25.3. The molecule has 2 rings (SSSR count). The molecule has 0 saturated heterocycles. The summed E-state index contributed by atoms with van der Waals surface area (Å²) in [6, 6.07) is 12.8. The van der Waals surface area contributed by atoms with E-state index in [2.05, 4.69) is 10.6 Å². The third kappa shape index (κ3) is 7.06. The van der Waals surface area contributed by atoms with Crippen molar-refractivity contribution in [3.8, 4) is 6.07 Å². The summed E-state index contributed by atoms with van der Waals surface area (Å²) in [7, 11) is -3.87. The van der Waals surface area contributed by atoms with E-state index in [1.54, 1.807) is 24.3 Å². The number of sulfone groups is 1. The van der Waals surface area contributed by atoms with Crippen molar-refractivity contribution in [1.82, 2.24) is 10.6 Å². The van der Waals surface area contributed by atoms with Crippen LogP contribution in [0.25, 0.3) is 0 Å². The van der Waals surface area contributed by atoms with E-state index in [4.69, 9.17) is 28.5 Å². The predicted molar refractivity (Wildman–Crippen MR) is 110 cm³/mol. The van der Waals surface area contributed by atoms with E-state index in [-0.39, 0.29) is 22.7 Å². The highest BCUT2D eigenvalue weighted by Gasteiger charge is 2.28. The van der Waals surface area contributed by atoms with E-state index >= 15 is 0 Å². The number of rotatable bonds is 8. The molecule has 2 aromatic rings. The molecule has 7 nitrogen and oxygen atoms in total. The van der Waals surface area contributed by atoms with Crippen LogP contribution in [0, 0.1) is 11.3 Å². The summed E-state index contributed by atoms with van der Waals surface area (Å²) in [5.41, 5.74) is 0.547. The molecule has 0 heterocycles. The molecular formula is C19H17Cl2N3O4S. The average Bonchev–Trinajstić information content (AvgIpc) is 2.68. The van der Waals surface area contributed by atoms with Gasteiger partial charge in [-0.2, -0.15) is 5.26 Å². The van der Waals surface area contributed by atoms with Crippen LogP contribution in [-0.4, -0.2) is 38.6 Å². The van der Waals surface area contributed by atoms with Gasteiger partial charge in [0.05, 0.1) is 17.6 Å². The molecule has 10 heteroatoms. The van der Waals surface area contributed by atoms with Crippen LogP contribution in [0.2, 0.25) is 10.0 Å². The van der Waals surface area contributed by atoms with Crippen LogP contribution in [0.5, 0.6) is 0 Å². The van der Waals surface area contributed by atoms with Crippen LogP contribution >= 0.6 is 23.2 Å². The van der Waals surface area contributed by atoms with Gasteiger partial charge in [-0.15, -0.1) is 0 Å². The van der Waals surface area contributed by atoms with Gasteiger partial charge in [0.1, 0.15) is 12.6 Å². The highest BCUT2D eigenvalue weighted by atomic mass is 35.5. The second-order valence-electron chi connectivity index (χ2n) is 6.06. The average molecular weight is 454 g/mol. The van der Waals surface area contributed by atoms with E-state index < -0.39 is 39.2 Å². The second-order valence-corrected chi connectivity index (χ2v) is 9.01. The summed E-state index contributed by atoms with van der Waals surface area (Å²) >= 11 is 11.9. The second kappa shape index (κ2) is 10.3. The first-order valence-electron chi connectivity index (χ1n) is 8.37. The monoisotopic (exact) mass is 453 g/mol. The van der Waals surface area contributed by atoms with Crippen molar-refractivity contribution < 1.29 is 18.0 Å². The molecule has 1 atom stereocenters. The largest absolute Gasteiger partial charge is 0.341 e. The smallest absolute Gasteiger partial charge is 0.251 e. The lowest BCUT2D eigenvalue weighted by atomic mass is 10.2. The molecule has 0 aliphatic carbocycles. The first-order valence-corrected chi connectivity index (χ1v) is 10.9. The predicted octanol–water partition coefficient (Wildman–Crippen LogP) is 2.35. The van der Waals surface area contributed by atoms with Gasteiger partial charge in [0, 0.05) is 15.6 Å². The first kappa shape index (κ1) is 22.7. The summed E-state index contributed by atoms with van der Waals surface area (Å²) in [5.74, 6) is -2.53. The zero-order chi connectivity index (χ0) is 21.4. The number of carbonyl (C=O) groups is 2. The Bertz CT molecular complexity index is 1040. The van der Waals surface area contributed by atoms with Gasteiger partial charge in [-0.1, -0.05) is 41.4 Å². The fraction of sp³-hybridized carbons (Fsp3) is 0.211. The van der Waals surface area contributed by atoms with Gasteiger partial charge in [0.2, 0.25) is 5.91 Å². The zero-order valence-electron chi connectivity index (χ0n) is 15.1. The molecule has 152 valence electrons. The quantitative estimate of drug-likeness (QED) is 0.594. The number of carbonyl (C=O) groups excluding carboxylic acids is 2. The van der Waals surface area contributed by atoms with Crippen molar-refractivity contribution in [1.29, 1.82) is 5.26 Å². The fourth-order valence-corrected chi connectivity index (χ4v) is 4.50. The minimum Gasteiger partial charge on any atom is -0.341 e. The Hall–Kier alpha value is -2.60. The molecule has 0 aliphatic rings. The van der Waals surface area contributed by atoms with Crippen LogP contribution in [0.1, 0.15) is 15.9 Å². The van der Waals surface area contributed by atoms with Crippen LogP contribution < -0.4 is 10.6 Å². The van der Waals surface area contributed by atoms with Gasteiger partial charge in [0.25, 0.3) is 5.91 Å². The van der Waals surface area contributed by atoms with Crippen LogP contribution in [0.15, 0.2) is 48.5 Å². The van der Waals surface area contributed by atoms with Gasteiger partial charge in [-0.05, 0) is 35.9 Å². The molecule has 1 unspecified atom stereocenters. The maximum Gasteiger partial charge on any atom is 0.251 e. The van der Waals surface area contributed by atoms with Gasteiger partial charge in [-0.25, -0.2) is 8.42 Å². The molecule has 2 aromatic carbocycles. The number of hydrogen-bond donors (Lipinski definition) is 2. The number of nitrogens with zero attached hydrogens (tertiary/aromatic N) is 1. The molecule has 0 fully saturated rings. The number of nitriles is 1. The Labute approximate surface area is 178 Å². The minimum absolute atomic E-state index is 0.219. The van der Waals surface area contributed by atoms with Gasteiger partial charge in [-0.3, -0.25) is 9.59 Å². The van der Waals surface area contributed by atoms with Crippen molar-refractivity contribution in [2.45, 2.75) is 11.8 Å². The van der Waals surface area contributed by atoms with Gasteiger partial charge >= 0.3 is 0 Å². The normalized spacial score (nSPS) is 11.9.